The molecule has 0 bridgehead atoms. The predicted molar refractivity (Wildman–Crippen MR) is 74.9 cm³/mol. The SMILES string of the molecule is NC(=O)c1cccc(N)c1Sc1ccccc1Cl. The summed E-state index contributed by atoms with van der Waals surface area (Å²) in [5.74, 6) is -0.503. The Morgan fingerprint density at radius 1 is 1.11 bits per heavy atom. The van der Waals surface area contributed by atoms with Gasteiger partial charge in [-0.1, -0.05) is 41.6 Å². The van der Waals surface area contributed by atoms with Crippen LogP contribution in [0.3, 0.4) is 0 Å². The lowest BCUT2D eigenvalue weighted by Gasteiger charge is -2.10. The number of carbonyl (C=O) groups excluding carboxylic acids is 1. The van der Waals surface area contributed by atoms with Crippen LogP contribution in [0.2, 0.25) is 5.02 Å². The van der Waals surface area contributed by atoms with Crippen LogP contribution in [0.4, 0.5) is 5.69 Å². The zero-order valence-corrected chi connectivity index (χ0v) is 11.0. The lowest BCUT2D eigenvalue weighted by molar-refractivity contribution is 0.0997. The van der Waals surface area contributed by atoms with Crippen molar-refractivity contribution in [1.29, 1.82) is 0 Å². The smallest absolute Gasteiger partial charge is 0.249 e. The second-order valence-corrected chi connectivity index (χ2v) is 5.08. The van der Waals surface area contributed by atoms with E-state index < -0.39 is 5.91 Å². The van der Waals surface area contributed by atoms with Crippen LogP contribution in [0.25, 0.3) is 0 Å². The number of nitrogens with two attached hydrogens (primary N) is 2. The number of hydrogen-bond donors (Lipinski definition) is 2. The van der Waals surface area contributed by atoms with Gasteiger partial charge in [-0.05, 0) is 24.3 Å². The average molecular weight is 279 g/mol. The highest BCUT2D eigenvalue weighted by molar-refractivity contribution is 7.99. The van der Waals surface area contributed by atoms with Gasteiger partial charge in [-0.15, -0.1) is 0 Å². The Kier molecular flexibility index (Phi) is 3.79. The zero-order valence-electron chi connectivity index (χ0n) is 9.39. The lowest BCUT2D eigenvalue weighted by atomic mass is 10.2. The van der Waals surface area contributed by atoms with Crippen LogP contribution < -0.4 is 11.5 Å². The van der Waals surface area contributed by atoms with Gasteiger partial charge >= 0.3 is 0 Å². The minimum atomic E-state index is -0.503. The molecule has 0 unspecified atom stereocenters. The highest BCUT2D eigenvalue weighted by Gasteiger charge is 2.13. The summed E-state index contributed by atoms with van der Waals surface area (Å²) < 4.78 is 0. The van der Waals surface area contributed by atoms with Crippen molar-refractivity contribution in [1.82, 2.24) is 0 Å². The third-order valence-electron chi connectivity index (χ3n) is 2.36. The molecule has 0 radical (unpaired) electrons. The molecule has 0 aliphatic rings. The standard InChI is InChI=1S/C13H11ClN2OS/c14-9-5-1-2-7-11(9)18-12-8(13(16)17)4-3-6-10(12)15/h1-7H,15H2,(H2,16,17). The third kappa shape index (κ3) is 2.60. The van der Waals surface area contributed by atoms with Crippen molar-refractivity contribution in [3.8, 4) is 0 Å². The van der Waals surface area contributed by atoms with Crippen LogP contribution in [-0.2, 0) is 0 Å². The van der Waals surface area contributed by atoms with Crippen molar-refractivity contribution < 1.29 is 4.79 Å². The first-order valence-electron chi connectivity index (χ1n) is 5.20. The first-order valence-corrected chi connectivity index (χ1v) is 6.39. The molecule has 0 saturated heterocycles. The molecule has 3 nitrogen and oxygen atoms in total. The van der Waals surface area contributed by atoms with E-state index in [-0.39, 0.29) is 0 Å². The molecule has 0 aliphatic heterocycles. The summed E-state index contributed by atoms with van der Waals surface area (Å²) in [5.41, 5.74) is 12.1. The van der Waals surface area contributed by atoms with Gasteiger partial charge in [0, 0.05) is 15.5 Å². The summed E-state index contributed by atoms with van der Waals surface area (Å²) in [6.07, 6.45) is 0. The number of amides is 1. The van der Waals surface area contributed by atoms with E-state index >= 15 is 0 Å². The van der Waals surface area contributed by atoms with Crippen molar-refractivity contribution in [2.75, 3.05) is 5.73 Å². The van der Waals surface area contributed by atoms with Crippen molar-refractivity contribution in [3.63, 3.8) is 0 Å². The van der Waals surface area contributed by atoms with Gasteiger partial charge in [0.15, 0.2) is 0 Å². The van der Waals surface area contributed by atoms with Crippen molar-refractivity contribution >= 4 is 35.0 Å². The van der Waals surface area contributed by atoms with E-state index in [4.69, 9.17) is 23.1 Å². The minimum Gasteiger partial charge on any atom is -0.398 e. The van der Waals surface area contributed by atoms with Crippen molar-refractivity contribution in [2.24, 2.45) is 5.73 Å². The summed E-state index contributed by atoms with van der Waals surface area (Å²) in [4.78, 5) is 12.8. The molecular formula is C13H11ClN2OS. The normalized spacial score (nSPS) is 10.3. The predicted octanol–water partition coefficient (Wildman–Crippen LogP) is 3.17. The van der Waals surface area contributed by atoms with Crippen LogP contribution in [0.1, 0.15) is 10.4 Å². The van der Waals surface area contributed by atoms with E-state index in [9.17, 15) is 4.79 Å². The van der Waals surface area contributed by atoms with Crippen molar-refractivity contribution in [3.05, 3.63) is 53.1 Å². The van der Waals surface area contributed by atoms with E-state index in [0.29, 0.717) is 21.2 Å². The number of rotatable bonds is 3. The molecule has 2 rings (SSSR count). The molecule has 0 spiro atoms. The number of primary amides is 1. The lowest BCUT2D eigenvalue weighted by Crippen LogP contribution is -2.13. The molecule has 0 fully saturated rings. The first-order chi connectivity index (χ1) is 8.59. The monoisotopic (exact) mass is 278 g/mol. The highest BCUT2D eigenvalue weighted by Crippen LogP contribution is 2.38. The maximum absolute atomic E-state index is 11.4. The number of carbonyl (C=O) groups is 1. The number of anilines is 1. The van der Waals surface area contributed by atoms with Crippen LogP contribution in [0, 0.1) is 0 Å². The summed E-state index contributed by atoms with van der Waals surface area (Å²) in [6.45, 7) is 0. The quantitative estimate of drug-likeness (QED) is 0.847. The molecule has 1 amide bonds. The molecule has 0 saturated carbocycles. The second-order valence-electron chi connectivity index (χ2n) is 3.62. The Balaban J connectivity index is 2.46. The Labute approximate surface area is 114 Å². The van der Waals surface area contributed by atoms with E-state index in [2.05, 4.69) is 0 Å². The average Bonchev–Trinajstić information content (AvgIpc) is 2.34. The molecule has 2 aromatic rings. The molecular weight excluding hydrogens is 268 g/mol. The maximum Gasteiger partial charge on any atom is 0.249 e. The van der Waals surface area contributed by atoms with E-state index in [1.54, 1.807) is 24.3 Å². The van der Waals surface area contributed by atoms with Crippen LogP contribution in [0.15, 0.2) is 52.3 Å². The Morgan fingerprint density at radius 2 is 1.83 bits per heavy atom. The molecule has 0 aliphatic carbocycles. The molecule has 2 aromatic carbocycles. The van der Waals surface area contributed by atoms with Crippen LogP contribution in [0.5, 0.6) is 0 Å². The number of hydrogen-bond acceptors (Lipinski definition) is 3. The fourth-order valence-corrected chi connectivity index (χ4v) is 2.75. The Hall–Kier alpha value is -1.65. The molecule has 5 heteroatoms. The van der Waals surface area contributed by atoms with Gasteiger partial charge in [-0.25, -0.2) is 0 Å². The summed E-state index contributed by atoms with van der Waals surface area (Å²) >= 11 is 7.42. The maximum atomic E-state index is 11.4. The topological polar surface area (TPSA) is 69.1 Å². The van der Waals surface area contributed by atoms with Gasteiger partial charge in [-0.3, -0.25) is 4.79 Å². The van der Waals surface area contributed by atoms with Crippen molar-refractivity contribution in [2.45, 2.75) is 9.79 Å². The fraction of sp³-hybridized carbons (Fsp3) is 0. The molecule has 18 heavy (non-hydrogen) atoms. The molecule has 4 N–H and O–H groups in total. The molecule has 0 atom stereocenters. The van der Waals surface area contributed by atoms with Crippen LogP contribution >= 0.6 is 23.4 Å². The minimum absolute atomic E-state index is 0.403. The molecule has 0 heterocycles. The van der Waals surface area contributed by atoms with Gasteiger partial charge < -0.3 is 11.5 Å². The second kappa shape index (κ2) is 5.33. The Bertz CT molecular complexity index is 601. The summed E-state index contributed by atoms with van der Waals surface area (Å²) in [6, 6.07) is 12.4. The van der Waals surface area contributed by atoms with Crippen LogP contribution in [-0.4, -0.2) is 5.91 Å². The van der Waals surface area contributed by atoms with Gasteiger partial charge in [0.05, 0.1) is 10.6 Å². The third-order valence-corrected chi connectivity index (χ3v) is 4.04. The number of halogens is 1. The largest absolute Gasteiger partial charge is 0.398 e. The van der Waals surface area contributed by atoms with Gasteiger partial charge in [0.1, 0.15) is 0 Å². The molecule has 0 aromatic heterocycles. The first kappa shape index (κ1) is 12.8. The highest BCUT2D eigenvalue weighted by atomic mass is 35.5. The van der Waals surface area contributed by atoms with E-state index in [1.165, 1.54) is 11.8 Å². The Morgan fingerprint density at radius 3 is 2.50 bits per heavy atom. The zero-order chi connectivity index (χ0) is 13.1. The fourth-order valence-electron chi connectivity index (χ4n) is 1.50. The van der Waals surface area contributed by atoms with Gasteiger partial charge in [-0.2, -0.15) is 0 Å². The molecule has 92 valence electrons. The number of nitrogen functional groups attached to an aromatic ring is 1. The van der Waals surface area contributed by atoms with E-state index in [1.807, 2.05) is 18.2 Å². The van der Waals surface area contributed by atoms with E-state index in [0.717, 1.165) is 4.90 Å². The van der Waals surface area contributed by atoms with Gasteiger partial charge in [0.25, 0.3) is 0 Å². The van der Waals surface area contributed by atoms with Gasteiger partial charge in [0.2, 0.25) is 5.91 Å². The number of benzene rings is 2. The summed E-state index contributed by atoms with van der Waals surface area (Å²) in [7, 11) is 0. The summed E-state index contributed by atoms with van der Waals surface area (Å²) in [5, 5.41) is 0.612.